The fourth-order valence-electron chi connectivity index (χ4n) is 1.78. The number of hydrogen-bond acceptors (Lipinski definition) is 4. The highest BCUT2D eigenvalue weighted by Gasteiger charge is 2.15. The van der Waals surface area contributed by atoms with Gasteiger partial charge in [0.2, 0.25) is 5.88 Å². The second-order valence-electron chi connectivity index (χ2n) is 4.19. The van der Waals surface area contributed by atoms with Crippen LogP contribution in [-0.2, 0) is 6.54 Å². The number of ether oxygens (including phenoxy) is 1. The summed E-state index contributed by atoms with van der Waals surface area (Å²) in [5, 5.41) is 2.90. The van der Waals surface area contributed by atoms with Gasteiger partial charge in [0.25, 0.3) is 5.91 Å². The third-order valence-corrected chi connectivity index (χ3v) is 2.63. The predicted octanol–water partition coefficient (Wildman–Crippen LogP) is 1.11. The molecule has 2 rings (SSSR count). The van der Waals surface area contributed by atoms with Gasteiger partial charge in [0.1, 0.15) is 5.56 Å². The van der Waals surface area contributed by atoms with Crippen LogP contribution < -0.4 is 10.1 Å². The van der Waals surface area contributed by atoms with E-state index in [1.165, 1.54) is 7.11 Å². The lowest BCUT2D eigenvalue weighted by atomic mass is 10.2. The minimum Gasteiger partial charge on any atom is -0.480 e. The standard InChI is InChI=1S/C13H16N4O2/c1-10(8-17-7-6-14-9-17)16-12(18)11-4-3-5-15-13(11)19-2/h3-7,9-10H,8H2,1-2H3,(H,16,18)/t10-/m0/s1. The molecule has 6 heteroatoms. The third-order valence-electron chi connectivity index (χ3n) is 2.63. The Morgan fingerprint density at radius 1 is 1.53 bits per heavy atom. The summed E-state index contributed by atoms with van der Waals surface area (Å²) in [6, 6.07) is 3.37. The first-order valence-electron chi connectivity index (χ1n) is 5.96. The summed E-state index contributed by atoms with van der Waals surface area (Å²) in [6.07, 6.45) is 6.86. The van der Waals surface area contributed by atoms with Gasteiger partial charge < -0.3 is 14.6 Å². The van der Waals surface area contributed by atoms with Crippen LogP contribution >= 0.6 is 0 Å². The molecule has 0 aliphatic carbocycles. The maximum atomic E-state index is 12.1. The molecule has 2 aromatic heterocycles. The molecule has 1 amide bonds. The molecule has 0 unspecified atom stereocenters. The van der Waals surface area contributed by atoms with Crippen LogP contribution in [0.5, 0.6) is 5.88 Å². The van der Waals surface area contributed by atoms with E-state index in [2.05, 4.69) is 15.3 Å². The number of nitrogens with zero attached hydrogens (tertiary/aromatic N) is 3. The maximum absolute atomic E-state index is 12.1. The molecule has 0 saturated heterocycles. The molecule has 19 heavy (non-hydrogen) atoms. The molecule has 0 fully saturated rings. The molecular formula is C13H16N4O2. The molecule has 0 radical (unpaired) electrons. The highest BCUT2D eigenvalue weighted by molar-refractivity contribution is 5.96. The van der Waals surface area contributed by atoms with Crippen LogP contribution in [0.3, 0.4) is 0 Å². The van der Waals surface area contributed by atoms with Crippen molar-refractivity contribution < 1.29 is 9.53 Å². The average molecular weight is 260 g/mol. The smallest absolute Gasteiger partial charge is 0.257 e. The molecule has 1 N–H and O–H groups in total. The summed E-state index contributed by atoms with van der Waals surface area (Å²) in [4.78, 5) is 20.1. The highest BCUT2D eigenvalue weighted by Crippen LogP contribution is 2.13. The van der Waals surface area contributed by atoms with Crippen LogP contribution in [0.2, 0.25) is 0 Å². The number of nitrogens with one attached hydrogen (secondary N) is 1. The zero-order valence-corrected chi connectivity index (χ0v) is 10.9. The van der Waals surface area contributed by atoms with Gasteiger partial charge in [0.05, 0.1) is 13.4 Å². The van der Waals surface area contributed by atoms with E-state index in [0.717, 1.165) is 0 Å². The van der Waals surface area contributed by atoms with Gasteiger partial charge in [-0.1, -0.05) is 0 Å². The highest BCUT2D eigenvalue weighted by atomic mass is 16.5. The maximum Gasteiger partial charge on any atom is 0.257 e. The first-order valence-corrected chi connectivity index (χ1v) is 5.96. The average Bonchev–Trinajstić information content (AvgIpc) is 2.91. The molecule has 6 nitrogen and oxygen atoms in total. The Hall–Kier alpha value is -2.37. The molecule has 2 heterocycles. The van der Waals surface area contributed by atoms with Gasteiger partial charge in [0, 0.05) is 31.2 Å². The molecule has 0 aliphatic rings. The molecule has 0 spiro atoms. The Labute approximate surface area is 111 Å². The first-order chi connectivity index (χ1) is 9.20. The second kappa shape index (κ2) is 5.99. The lowest BCUT2D eigenvalue weighted by Crippen LogP contribution is -2.35. The topological polar surface area (TPSA) is 69.0 Å². The van der Waals surface area contributed by atoms with E-state index >= 15 is 0 Å². The SMILES string of the molecule is COc1ncccc1C(=O)N[C@@H](C)Cn1ccnc1. The minimum atomic E-state index is -0.197. The Balaban J connectivity index is 2.00. The predicted molar refractivity (Wildman–Crippen MR) is 69.9 cm³/mol. The zero-order valence-electron chi connectivity index (χ0n) is 10.9. The number of pyridine rings is 1. The van der Waals surface area contributed by atoms with Crippen LogP contribution in [0.25, 0.3) is 0 Å². The fourth-order valence-corrected chi connectivity index (χ4v) is 1.78. The summed E-state index contributed by atoms with van der Waals surface area (Å²) in [7, 11) is 1.49. The zero-order chi connectivity index (χ0) is 13.7. The van der Waals surface area contributed by atoms with Crippen LogP contribution in [-0.4, -0.2) is 33.6 Å². The number of aromatic nitrogens is 3. The molecule has 0 aliphatic heterocycles. The van der Waals surface area contributed by atoms with E-state index in [0.29, 0.717) is 18.0 Å². The Bertz CT molecular complexity index is 539. The van der Waals surface area contributed by atoms with Gasteiger partial charge in [-0.05, 0) is 19.1 Å². The summed E-state index contributed by atoms with van der Waals surface area (Å²) >= 11 is 0. The van der Waals surface area contributed by atoms with Crippen molar-refractivity contribution in [2.45, 2.75) is 19.5 Å². The van der Waals surface area contributed by atoms with E-state index < -0.39 is 0 Å². The molecular weight excluding hydrogens is 244 g/mol. The van der Waals surface area contributed by atoms with Gasteiger partial charge in [-0.25, -0.2) is 9.97 Å². The number of hydrogen-bond donors (Lipinski definition) is 1. The lowest BCUT2D eigenvalue weighted by Gasteiger charge is -2.15. The van der Waals surface area contributed by atoms with Gasteiger partial charge in [-0.15, -0.1) is 0 Å². The summed E-state index contributed by atoms with van der Waals surface area (Å²) in [5.41, 5.74) is 0.433. The van der Waals surface area contributed by atoms with Crippen LogP contribution in [0, 0.1) is 0 Å². The molecule has 2 aromatic rings. The van der Waals surface area contributed by atoms with Crippen LogP contribution in [0.15, 0.2) is 37.1 Å². The fraction of sp³-hybridized carbons (Fsp3) is 0.308. The summed E-state index contributed by atoms with van der Waals surface area (Å²) in [6.45, 7) is 2.59. The Morgan fingerprint density at radius 2 is 2.37 bits per heavy atom. The number of rotatable bonds is 5. The number of carbonyl (C=O) groups excluding carboxylic acids is 1. The van der Waals surface area contributed by atoms with Crippen molar-refractivity contribution >= 4 is 5.91 Å². The number of imidazole rings is 1. The monoisotopic (exact) mass is 260 g/mol. The number of methoxy groups -OCH3 is 1. The van der Waals surface area contributed by atoms with Crippen molar-refractivity contribution in [3.8, 4) is 5.88 Å². The van der Waals surface area contributed by atoms with E-state index in [1.54, 1.807) is 30.9 Å². The van der Waals surface area contributed by atoms with Gasteiger partial charge >= 0.3 is 0 Å². The van der Waals surface area contributed by atoms with Crippen molar-refractivity contribution in [1.82, 2.24) is 19.9 Å². The van der Waals surface area contributed by atoms with Gasteiger partial charge in [0.15, 0.2) is 0 Å². The van der Waals surface area contributed by atoms with Crippen molar-refractivity contribution in [3.05, 3.63) is 42.6 Å². The van der Waals surface area contributed by atoms with Crippen LogP contribution in [0.1, 0.15) is 17.3 Å². The lowest BCUT2D eigenvalue weighted by molar-refractivity contribution is 0.0933. The van der Waals surface area contributed by atoms with Crippen molar-refractivity contribution in [3.63, 3.8) is 0 Å². The van der Waals surface area contributed by atoms with Crippen molar-refractivity contribution in [1.29, 1.82) is 0 Å². The molecule has 100 valence electrons. The second-order valence-corrected chi connectivity index (χ2v) is 4.19. The first kappa shape index (κ1) is 13.1. The molecule has 0 bridgehead atoms. The van der Waals surface area contributed by atoms with Crippen molar-refractivity contribution in [2.75, 3.05) is 7.11 Å². The Morgan fingerprint density at radius 3 is 3.05 bits per heavy atom. The van der Waals surface area contributed by atoms with E-state index in [4.69, 9.17) is 4.74 Å². The number of amides is 1. The third kappa shape index (κ3) is 3.31. The quantitative estimate of drug-likeness (QED) is 0.874. The van der Waals surface area contributed by atoms with Gasteiger partial charge in [-0.3, -0.25) is 4.79 Å². The molecule has 1 atom stereocenters. The Kier molecular flexibility index (Phi) is 4.12. The van der Waals surface area contributed by atoms with Crippen LogP contribution in [0.4, 0.5) is 0 Å². The normalized spacial score (nSPS) is 11.9. The largest absolute Gasteiger partial charge is 0.480 e. The summed E-state index contributed by atoms with van der Waals surface area (Å²) < 4.78 is 6.97. The summed E-state index contributed by atoms with van der Waals surface area (Å²) in [5.74, 6) is 0.132. The number of carbonyl (C=O) groups is 1. The van der Waals surface area contributed by atoms with E-state index in [9.17, 15) is 4.79 Å². The molecule has 0 aromatic carbocycles. The van der Waals surface area contributed by atoms with E-state index in [-0.39, 0.29) is 11.9 Å². The van der Waals surface area contributed by atoms with Gasteiger partial charge in [-0.2, -0.15) is 0 Å². The molecule has 0 saturated carbocycles. The minimum absolute atomic E-state index is 0.0217. The van der Waals surface area contributed by atoms with Crippen molar-refractivity contribution in [2.24, 2.45) is 0 Å². The van der Waals surface area contributed by atoms with E-state index in [1.807, 2.05) is 17.7 Å².